The summed E-state index contributed by atoms with van der Waals surface area (Å²) in [5.41, 5.74) is 0.845. The maximum Gasteiger partial charge on any atom is 0.255 e. The third-order valence-electron chi connectivity index (χ3n) is 6.64. The van der Waals surface area contributed by atoms with Crippen LogP contribution in [0.1, 0.15) is 23.7 Å². The van der Waals surface area contributed by atoms with Gasteiger partial charge in [-0.15, -0.1) is 12.4 Å². The van der Waals surface area contributed by atoms with Crippen LogP contribution in [0.4, 0.5) is 0 Å². The number of carbonyl (C=O) groups is 3. The van der Waals surface area contributed by atoms with E-state index in [0.717, 1.165) is 0 Å². The molecule has 0 saturated heterocycles. The quantitative estimate of drug-likeness (QED) is 0.315. The number of aromatic hydroxyl groups is 1. The molecule has 10 nitrogen and oxygen atoms in total. The number of benzene rings is 1. The molecule has 0 aliphatic heterocycles. The molecule has 178 valence electrons. The number of phenolic OH excluding ortho intramolecular Hbond substituents is 1. The Labute approximate surface area is 199 Å². The molecule has 0 heterocycles. The Bertz CT molecular complexity index is 1160. The van der Waals surface area contributed by atoms with Crippen molar-refractivity contribution in [1.29, 1.82) is 0 Å². The molecule has 0 spiro atoms. The highest BCUT2D eigenvalue weighted by Gasteiger charge is 2.65. The van der Waals surface area contributed by atoms with E-state index in [1.807, 2.05) is 0 Å². The number of ketones is 2. The Morgan fingerprint density at radius 2 is 1.82 bits per heavy atom. The van der Waals surface area contributed by atoms with E-state index in [0.29, 0.717) is 0 Å². The SMILES string of the molecule is CN(C)[C@@H]1C(=O)C(C(N)=O)=C(O)[C@@]2(O)C(=O)C3=C(O)c4c(O)ccc(Cl)c4C(O)[C@H]3C[C@@H]12.Cl. The van der Waals surface area contributed by atoms with Crippen LogP contribution in [-0.4, -0.2) is 73.6 Å². The molecule has 1 fully saturated rings. The van der Waals surface area contributed by atoms with E-state index in [1.54, 1.807) is 0 Å². The molecule has 4 rings (SSSR count). The Morgan fingerprint density at radius 3 is 2.36 bits per heavy atom. The minimum absolute atomic E-state index is 0. The zero-order valence-corrected chi connectivity index (χ0v) is 19.0. The van der Waals surface area contributed by atoms with Crippen molar-refractivity contribution >= 4 is 47.2 Å². The predicted molar refractivity (Wildman–Crippen MR) is 118 cm³/mol. The first-order valence-corrected chi connectivity index (χ1v) is 10.1. The maximum absolute atomic E-state index is 13.6. The average molecular weight is 501 g/mol. The first-order valence-electron chi connectivity index (χ1n) is 9.69. The van der Waals surface area contributed by atoms with Crippen LogP contribution in [0.15, 0.2) is 29.0 Å². The van der Waals surface area contributed by atoms with E-state index in [-0.39, 0.29) is 35.0 Å². The van der Waals surface area contributed by atoms with Crippen LogP contribution < -0.4 is 5.73 Å². The summed E-state index contributed by atoms with van der Waals surface area (Å²) in [7, 11) is 2.97. The largest absolute Gasteiger partial charge is 0.508 e. The third-order valence-corrected chi connectivity index (χ3v) is 6.97. The van der Waals surface area contributed by atoms with Crippen molar-refractivity contribution < 1.29 is 39.9 Å². The van der Waals surface area contributed by atoms with Crippen molar-refractivity contribution in [2.45, 2.75) is 24.2 Å². The zero-order valence-electron chi connectivity index (χ0n) is 17.4. The molecule has 0 bridgehead atoms. The summed E-state index contributed by atoms with van der Waals surface area (Å²) in [6.07, 6.45) is -1.70. The number of fused-ring (bicyclic) bond motifs is 3. The van der Waals surface area contributed by atoms with Crippen molar-refractivity contribution in [1.82, 2.24) is 4.90 Å². The van der Waals surface area contributed by atoms with Gasteiger partial charge < -0.3 is 31.3 Å². The van der Waals surface area contributed by atoms with E-state index >= 15 is 0 Å². The van der Waals surface area contributed by atoms with Crippen molar-refractivity contribution in [3.63, 3.8) is 0 Å². The average Bonchev–Trinajstić information content (AvgIpc) is 2.69. The number of likely N-dealkylation sites (N-methyl/N-ethyl adjacent to an activating group) is 1. The predicted octanol–water partition coefficient (Wildman–Crippen LogP) is 0.530. The van der Waals surface area contributed by atoms with Crippen molar-refractivity contribution in [3.8, 4) is 5.75 Å². The molecule has 0 aromatic heterocycles. The molecular formula is C21H22Cl2N2O8. The van der Waals surface area contributed by atoms with Crippen LogP contribution in [0.5, 0.6) is 5.75 Å². The highest BCUT2D eigenvalue weighted by atomic mass is 35.5. The number of nitrogens with zero attached hydrogens (tertiary/aromatic N) is 1. The van der Waals surface area contributed by atoms with E-state index in [4.69, 9.17) is 17.3 Å². The van der Waals surface area contributed by atoms with Crippen molar-refractivity contribution in [2.24, 2.45) is 17.6 Å². The number of halogens is 2. The highest BCUT2D eigenvalue weighted by Crippen LogP contribution is 2.56. The molecule has 0 radical (unpaired) electrons. The molecule has 1 amide bonds. The zero-order chi connectivity index (χ0) is 23.9. The van der Waals surface area contributed by atoms with Gasteiger partial charge in [0.25, 0.3) is 5.91 Å². The number of hydrogen-bond donors (Lipinski definition) is 6. The fraction of sp³-hybridized carbons (Fsp3) is 0.381. The van der Waals surface area contributed by atoms with Crippen LogP contribution >= 0.6 is 24.0 Å². The lowest BCUT2D eigenvalue weighted by atomic mass is 9.57. The van der Waals surface area contributed by atoms with Crippen molar-refractivity contribution in [3.05, 3.63) is 45.2 Å². The Morgan fingerprint density at radius 1 is 1.21 bits per heavy atom. The van der Waals surface area contributed by atoms with Crippen LogP contribution in [0.25, 0.3) is 5.76 Å². The van der Waals surface area contributed by atoms with Gasteiger partial charge in [-0.25, -0.2) is 0 Å². The van der Waals surface area contributed by atoms with E-state index < -0.39 is 75.5 Å². The minimum Gasteiger partial charge on any atom is -0.508 e. The topological polar surface area (TPSA) is 182 Å². The molecule has 7 N–H and O–H groups in total. The number of Topliss-reactive ketones (excluding diaryl/α,β-unsaturated/α-hetero) is 2. The summed E-state index contributed by atoms with van der Waals surface area (Å²) in [4.78, 5) is 39.8. The molecule has 3 aliphatic rings. The summed E-state index contributed by atoms with van der Waals surface area (Å²) in [5, 5.41) is 54.4. The minimum atomic E-state index is -2.77. The van der Waals surface area contributed by atoms with Gasteiger partial charge in [-0.1, -0.05) is 11.6 Å². The van der Waals surface area contributed by atoms with E-state index in [2.05, 4.69) is 0 Å². The second kappa shape index (κ2) is 8.00. The summed E-state index contributed by atoms with van der Waals surface area (Å²) in [5.74, 6) is -8.19. The summed E-state index contributed by atoms with van der Waals surface area (Å²) in [6, 6.07) is 1.25. The first kappa shape index (κ1) is 25.0. The van der Waals surface area contributed by atoms with Gasteiger partial charge in [-0.05, 0) is 32.6 Å². The monoisotopic (exact) mass is 500 g/mol. The smallest absolute Gasteiger partial charge is 0.255 e. The number of aliphatic hydroxyl groups is 4. The number of nitrogens with two attached hydrogens (primary N) is 1. The standard InChI is InChI=1S/C21H21ClN2O8.ClH/c1-24(2)14-7-5-6-10(16(27)12-9(25)4-3-8(22)11(12)15(6)26)18(29)21(7,32)19(30)13(17(14)28)20(23)31;/h3-4,6-7,14-15,25-27,30,32H,5H2,1-2H3,(H2,23,31);1H/t6-,7-,14-,15?,21-;/m0./s1. The molecule has 12 heteroatoms. The lowest BCUT2D eigenvalue weighted by molar-refractivity contribution is -0.155. The Balaban J connectivity index is 0.00000306. The fourth-order valence-electron chi connectivity index (χ4n) is 5.24. The second-order valence-corrected chi connectivity index (χ2v) is 8.87. The maximum atomic E-state index is 13.6. The van der Waals surface area contributed by atoms with Gasteiger partial charge >= 0.3 is 0 Å². The molecule has 3 aliphatic carbocycles. The van der Waals surface area contributed by atoms with Gasteiger partial charge in [0.2, 0.25) is 5.78 Å². The number of aliphatic hydroxyl groups excluding tert-OH is 3. The molecule has 33 heavy (non-hydrogen) atoms. The van der Waals surface area contributed by atoms with Gasteiger partial charge in [0.15, 0.2) is 11.4 Å². The van der Waals surface area contributed by atoms with Gasteiger partial charge in [0.05, 0.1) is 17.7 Å². The molecular weight excluding hydrogens is 479 g/mol. The van der Waals surface area contributed by atoms with Gasteiger partial charge in [-0.3, -0.25) is 19.3 Å². The van der Waals surface area contributed by atoms with Crippen LogP contribution in [-0.2, 0) is 14.4 Å². The number of rotatable bonds is 2. The van der Waals surface area contributed by atoms with Crippen LogP contribution in [0.3, 0.4) is 0 Å². The van der Waals surface area contributed by atoms with Crippen molar-refractivity contribution in [2.75, 3.05) is 14.1 Å². The van der Waals surface area contributed by atoms with Crippen LogP contribution in [0.2, 0.25) is 5.02 Å². The van der Waals surface area contributed by atoms with E-state index in [1.165, 1.54) is 31.1 Å². The van der Waals surface area contributed by atoms with Gasteiger partial charge in [0, 0.05) is 28.0 Å². The number of amides is 1. The summed E-state index contributed by atoms with van der Waals surface area (Å²) in [6.45, 7) is 0. The fourth-order valence-corrected chi connectivity index (χ4v) is 5.51. The third kappa shape index (κ3) is 3.09. The number of carbonyl (C=O) groups excluding carboxylic acids is 3. The summed E-state index contributed by atoms with van der Waals surface area (Å²) >= 11 is 6.19. The van der Waals surface area contributed by atoms with Gasteiger partial charge in [-0.2, -0.15) is 0 Å². The van der Waals surface area contributed by atoms with E-state index in [9.17, 15) is 39.9 Å². The Hall–Kier alpha value is -2.63. The number of phenols is 1. The molecule has 1 saturated carbocycles. The molecule has 1 aromatic carbocycles. The lowest BCUT2D eigenvalue weighted by Gasteiger charge is -2.51. The normalized spacial score (nSPS) is 31.1. The molecule has 1 aromatic rings. The van der Waals surface area contributed by atoms with Gasteiger partial charge in [0.1, 0.15) is 22.8 Å². The second-order valence-electron chi connectivity index (χ2n) is 8.47. The molecule has 5 atom stereocenters. The lowest BCUT2D eigenvalue weighted by Crippen LogP contribution is -2.66. The highest BCUT2D eigenvalue weighted by molar-refractivity contribution is 6.32. The molecule has 1 unspecified atom stereocenters. The van der Waals surface area contributed by atoms with Crippen LogP contribution in [0, 0.1) is 11.8 Å². The summed E-state index contributed by atoms with van der Waals surface area (Å²) < 4.78 is 0. The Kier molecular flexibility index (Phi) is 6.06. The number of hydrogen-bond acceptors (Lipinski definition) is 9. The first-order chi connectivity index (χ1) is 14.8. The number of primary amides is 1.